The number of rotatable bonds is 6. The Morgan fingerprint density at radius 2 is 2.27 bits per heavy atom. The lowest BCUT2D eigenvalue weighted by Gasteiger charge is -2.00. The van der Waals surface area contributed by atoms with E-state index in [0.717, 1.165) is 0 Å². The largest absolute Gasteiger partial charge is 0.447 e. The Morgan fingerprint density at radius 3 is 2.87 bits per heavy atom. The molecule has 1 rings (SSSR count). The van der Waals surface area contributed by atoms with Crippen LogP contribution in [0.4, 0.5) is 0 Å². The summed E-state index contributed by atoms with van der Waals surface area (Å²) in [5.74, 6) is 0.580. The van der Waals surface area contributed by atoms with E-state index in [2.05, 4.69) is 16.6 Å². The minimum absolute atomic E-state index is 0.0744. The molecule has 2 N–H and O–H groups in total. The molecule has 1 heterocycles. The topological polar surface area (TPSA) is 71.3 Å². The van der Waals surface area contributed by atoms with E-state index in [1.54, 1.807) is 13.1 Å². The minimum atomic E-state index is -3.54. The van der Waals surface area contributed by atoms with E-state index in [1.165, 1.54) is 12.1 Å². The van der Waals surface area contributed by atoms with E-state index in [4.69, 9.17) is 4.42 Å². The third-order valence-electron chi connectivity index (χ3n) is 1.67. The summed E-state index contributed by atoms with van der Waals surface area (Å²) in [5.41, 5.74) is 0. The van der Waals surface area contributed by atoms with Crippen LogP contribution in [-0.4, -0.2) is 22.0 Å². The summed E-state index contributed by atoms with van der Waals surface area (Å²) in [5, 5.41) is 2.79. The Morgan fingerprint density at radius 1 is 1.53 bits per heavy atom. The zero-order chi connectivity index (χ0) is 11.3. The summed E-state index contributed by atoms with van der Waals surface area (Å²) >= 11 is 0. The second-order valence-electron chi connectivity index (χ2n) is 2.89. The maximum absolute atomic E-state index is 11.5. The quantitative estimate of drug-likeness (QED) is 0.697. The molecule has 0 fully saturated rings. The highest BCUT2D eigenvalue weighted by Gasteiger charge is 2.17. The van der Waals surface area contributed by atoms with Crippen LogP contribution in [-0.2, 0) is 16.6 Å². The molecular formula is C9H14N2O3S. The van der Waals surface area contributed by atoms with Crippen molar-refractivity contribution in [2.24, 2.45) is 0 Å². The molecule has 1 aromatic rings. The van der Waals surface area contributed by atoms with Crippen LogP contribution in [0.2, 0.25) is 0 Å². The van der Waals surface area contributed by atoms with Crippen LogP contribution < -0.4 is 10.0 Å². The van der Waals surface area contributed by atoms with Gasteiger partial charge >= 0.3 is 0 Å². The molecule has 0 spiro atoms. The van der Waals surface area contributed by atoms with Crippen LogP contribution in [0.5, 0.6) is 0 Å². The molecule has 5 nitrogen and oxygen atoms in total. The molecule has 0 aromatic carbocycles. The summed E-state index contributed by atoms with van der Waals surface area (Å²) < 4.78 is 30.5. The van der Waals surface area contributed by atoms with Crippen molar-refractivity contribution < 1.29 is 12.8 Å². The molecule has 0 atom stereocenters. The highest BCUT2D eigenvalue weighted by molar-refractivity contribution is 7.89. The van der Waals surface area contributed by atoms with E-state index >= 15 is 0 Å². The molecule has 1 aromatic heterocycles. The monoisotopic (exact) mass is 230 g/mol. The van der Waals surface area contributed by atoms with Gasteiger partial charge in [0.25, 0.3) is 10.0 Å². The molecule has 0 saturated carbocycles. The van der Waals surface area contributed by atoms with Crippen molar-refractivity contribution in [3.8, 4) is 0 Å². The lowest BCUT2D eigenvalue weighted by atomic mass is 10.4. The maximum atomic E-state index is 11.5. The van der Waals surface area contributed by atoms with Gasteiger partial charge in [-0.2, -0.15) is 0 Å². The summed E-state index contributed by atoms with van der Waals surface area (Å²) in [6.07, 6.45) is 1.47. The second-order valence-corrected chi connectivity index (χ2v) is 4.59. The number of hydrogen-bond acceptors (Lipinski definition) is 4. The molecular weight excluding hydrogens is 216 g/mol. The maximum Gasteiger partial charge on any atom is 0.274 e. The third-order valence-corrected chi connectivity index (χ3v) is 2.97. The number of nitrogens with one attached hydrogen (secondary N) is 2. The summed E-state index contributed by atoms with van der Waals surface area (Å²) in [7, 11) is -1.78. The van der Waals surface area contributed by atoms with Gasteiger partial charge in [0.15, 0.2) is 0 Å². The number of sulfonamides is 1. The third kappa shape index (κ3) is 3.19. The van der Waals surface area contributed by atoms with Crippen LogP contribution in [0.3, 0.4) is 0 Å². The fourth-order valence-corrected chi connectivity index (χ4v) is 1.96. The van der Waals surface area contributed by atoms with Gasteiger partial charge < -0.3 is 9.73 Å². The normalized spacial score (nSPS) is 11.5. The molecule has 0 radical (unpaired) electrons. The molecule has 0 aliphatic carbocycles. The van der Waals surface area contributed by atoms with E-state index in [-0.39, 0.29) is 11.6 Å². The molecule has 15 heavy (non-hydrogen) atoms. The highest BCUT2D eigenvalue weighted by Crippen LogP contribution is 2.13. The predicted molar refractivity (Wildman–Crippen MR) is 56.9 cm³/mol. The first kappa shape index (κ1) is 12.0. The Labute approximate surface area is 89.2 Å². The van der Waals surface area contributed by atoms with E-state index in [0.29, 0.717) is 12.3 Å². The molecule has 0 unspecified atom stereocenters. The van der Waals surface area contributed by atoms with Crippen molar-refractivity contribution >= 4 is 10.0 Å². The van der Waals surface area contributed by atoms with Gasteiger partial charge in [0, 0.05) is 6.54 Å². The number of furan rings is 1. The van der Waals surface area contributed by atoms with Gasteiger partial charge in [-0.15, -0.1) is 6.58 Å². The first-order valence-electron chi connectivity index (χ1n) is 4.44. The van der Waals surface area contributed by atoms with Gasteiger partial charge in [0.2, 0.25) is 5.09 Å². The van der Waals surface area contributed by atoms with Gasteiger partial charge in [0.05, 0.1) is 6.54 Å². The van der Waals surface area contributed by atoms with Crippen molar-refractivity contribution in [2.45, 2.75) is 11.6 Å². The zero-order valence-electron chi connectivity index (χ0n) is 8.49. The van der Waals surface area contributed by atoms with Crippen molar-refractivity contribution in [2.75, 3.05) is 13.6 Å². The lowest BCUT2D eigenvalue weighted by molar-refractivity contribution is 0.405. The minimum Gasteiger partial charge on any atom is -0.447 e. The average molecular weight is 230 g/mol. The van der Waals surface area contributed by atoms with Crippen LogP contribution in [0.25, 0.3) is 0 Å². The van der Waals surface area contributed by atoms with Gasteiger partial charge in [-0.1, -0.05) is 6.08 Å². The van der Waals surface area contributed by atoms with Gasteiger partial charge in [0.1, 0.15) is 5.76 Å². The molecule has 84 valence electrons. The average Bonchev–Trinajstić information content (AvgIpc) is 2.65. The van der Waals surface area contributed by atoms with E-state index in [9.17, 15) is 8.42 Å². The first-order valence-corrected chi connectivity index (χ1v) is 5.92. The fourth-order valence-electron chi connectivity index (χ4n) is 1.01. The van der Waals surface area contributed by atoms with Gasteiger partial charge in [-0.05, 0) is 19.2 Å². The first-order chi connectivity index (χ1) is 7.10. The van der Waals surface area contributed by atoms with Crippen molar-refractivity contribution in [1.29, 1.82) is 0 Å². The van der Waals surface area contributed by atoms with E-state index < -0.39 is 10.0 Å². The van der Waals surface area contributed by atoms with Crippen molar-refractivity contribution in [3.05, 3.63) is 30.5 Å². The molecule has 0 amide bonds. The molecule has 0 aliphatic heterocycles. The van der Waals surface area contributed by atoms with Crippen LogP contribution in [0.15, 0.2) is 34.3 Å². The smallest absolute Gasteiger partial charge is 0.274 e. The predicted octanol–water partition coefficient (Wildman–Crippen LogP) is 0.463. The lowest BCUT2D eigenvalue weighted by Crippen LogP contribution is -2.23. The van der Waals surface area contributed by atoms with Crippen LogP contribution >= 0.6 is 0 Å². The Hall–Kier alpha value is -1.11. The van der Waals surface area contributed by atoms with Gasteiger partial charge in [-0.25, -0.2) is 13.1 Å². The van der Waals surface area contributed by atoms with Crippen molar-refractivity contribution in [1.82, 2.24) is 10.0 Å². The summed E-state index contributed by atoms with van der Waals surface area (Å²) in [6, 6.07) is 3.05. The molecule has 0 saturated heterocycles. The van der Waals surface area contributed by atoms with Crippen LogP contribution in [0.1, 0.15) is 5.76 Å². The summed E-state index contributed by atoms with van der Waals surface area (Å²) in [4.78, 5) is 0. The Bertz CT molecular complexity index is 422. The van der Waals surface area contributed by atoms with Crippen molar-refractivity contribution in [3.63, 3.8) is 0 Å². The molecule has 0 bridgehead atoms. The SMILES string of the molecule is C=CCNS(=O)(=O)c1ccc(CNC)o1. The van der Waals surface area contributed by atoms with E-state index in [1.807, 2.05) is 0 Å². The number of hydrogen-bond donors (Lipinski definition) is 2. The van der Waals surface area contributed by atoms with Gasteiger partial charge in [-0.3, -0.25) is 0 Å². The molecule has 6 heteroatoms. The highest BCUT2D eigenvalue weighted by atomic mass is 32.2. The second kappa shape index (κ2) is 5.11. The Kier molecular flexibility index (Phi) is 4.07. The Balaban J connectivity index is 2.80. The van der Waals surface area contributed by atoms with Crippen LogP contribution in [0, 0.1) is 0 Å². The standard InChI is InChI=1S/C9H14N2O3S/c1-3-6-11-15(12,13)9-5-4-8(14-9)7-10-2/h3-5,10-11H,1,6-7H2,2H3. The molecule has 0 aliphatic rings. The fraction of sp³-hybridized carbons (Fsp3) is 0.333. The zero-order valence-corrected chi connectivity index (χ0v) is 9.30. The summed E-state index contributed by atoms with van der Waals surface area (Å²) in [6.45, 7) is 4.11.